The quantitative estimate of drug-likeness (QED) is 0.585. The minimum Gasteiger partial charge on any atom is -0.497 e. The Kier molecular flexibility index (Phi) is 7.92. The lowest BCUT2D eigenvalue weighted by molar-refractivity contribution is -0.120. The number of methoxy groups -OCH3 is 2. The number of aryl methyl sites for hydroxylation is 2. The molecule has 0 saturated carbocycles. The molecule has 3 rings (SSSR count). The Hall–Kier alpha value is -2.58. The van der Waals surface area contributed by atoms with Gasteiger partial charge in [0.25, 0.3) is 0 Å². The van der Waals surface area contributed by atoms with E-state index in [0.29, 0.717) is 13.0 Å². The van der Waals surface area contributed by atoms with Crippen LogP contribution in [-0.4, -0.2) is 41.6 Å². The van der Waals surface area contributed by atoms with Crippen molar-refractivity contribution in [3.05, 3.63) is 53.1 Å². The van der Waals surface area contributed by atoms with E-state index in [-0.39, 0.29) is 23.8 Å². The van der Waals surface area contributed by atoms with Crippen molar-refractivity contribution in [1.29, 1.82) is 0 Å². The molecule has 0 saturated heterocycles. The van der Waals surface area contributed by atoms with E-state index in [4.69, 9.17) is 9.47 Å². The first-order valence-electron chi connectivity index (χ1n) is 10.5. The number of benzene rings is 2. The van der Waals surface area contributed by atoms with E-state index in [0.717, 1.165) is 48.3 Å². The second-order valence-corrected chi connectivity index (χ2v) is 9.33. The third-order valence-electron chi connectivity index (χ3n) is 5.48. The molecule has 0 bridgehead atoms. The van der Waals surface area contributed by atoms with E-state index < -0.39 is 10.0 Å². The number of nitrogens with one attached hydrogen (secondary N) is 2. The van der Waals surface area contributed by atoms with Gasteiger partial charge < -0.3 is 14.8 Å². The molecule has 0 unspecified atom stereocenters. The molecule has 0 fully saturated rings. The van der Waals surface area contributed by atoms with Crippen LogP contribution in [0.5, 0.6) is 11.5 Å². The Bertz CT molecular complexity index is 1020. The summed E-state index contributed by atoms with van der Waals surface area (Å²) in [6.45, 7) is 0.466. The summed E-state index contributed by atoms with van der Waals surface area (Å²) in [5.41, 5.74) is 3.27. The Labute approximate surface area is 184 Å². The number of ether oxygens (including phenoxy) is 2. The van der Waals surface area contributed by atoms with Crippen LogP contribution in [0.2, 0.25) is 0 Å². The minimum atomic E-state index is -3.63. The van der Waals surface area contributed by atoms with Crippen molar-refractivity contribution in [3.8, 4) is 11.5 Å². The summed E-state index contributed by atoms with van der Waals surface area (Å²) in [5, 5.41) is 2.82. The van der Waals surface area contributed by atoms with Crippen LogP contribution in [-0.2, 0) is 34.1 Å². The third kappa shape index (κ3) is 6.21. The van der Waals surface area contributed by atoms with E-state index in [1.165, 1.54) is 5.56 Å². The van der Waals surface area contributed by atoms with Gasteiger partial charge in [-0.1, -0.05) is 6.07 Å². The van der Waals surface area contributed by atoms with Crippen LogP contribution in [0.4, 0.5) is 0 Å². The molecule has 168 valence electrons. The number of carbonyl (C=O) groups excluding carboxylic acids is 1. The normalized spacial score (nSPS) is 13.4. The van der Waals surface area contributed by atoms with Crippen LogP contribution in [0, 0.1) is 0 Å². The summed E-state index contributed by atoms with van der Waals surface area (Å²) in [5.74, 6) is 1.24. The topological polar surface area (TPSA) is 93.7 Å². The summed E-state index contributed by atoms with van der Waals surface area (Å²) in [4.78, 5) is 12.4. The average Bonchev–Trinajstić information content (AvgIpc) is 2.78. The zero-order valence-electron chi connectivity index (χ0n) is 18.1. The van der Waals surface area contributed by atoms with Gasteiger partial charge in [0.05, 0.1) is 19.1 Å². The SMILES string of the molecule is COc1ccc(OC)c(CCNC(=O)CCNS(=O)(=O)c2ccc3c(c2)CCCC3)c1. The fourth-order valence-electron chi connectivity index (χ4n) is 3.76. The Morgan fingerprint density at radius 1 is 0.968 bits per heavy atom. The molecule has 1 aliphatic rings. The van der Waals surface area contributed by atoms with Gasteiger partial charge >= 0.3 is 0 Å². The first-order valence-corrected chi connectivity index (χ1v) is 12.0. The zero-order chi connectivity index (χ0) is 22.3. The van der Waals surface area contributed by atoms with Gasteiger partial charge in [0.1, 0.15) is 11.5 Å². The molecule has 31 heavy (non-hydrogen) atoms. The molecule has 0 aromatic heterocycles. The Balaban J connectivity index is 1.46. The summed E-state index contributed by atoms with van der Waals surface area (Å²) in [6, 6.07) is 10.8. The van der Waals surface area contributed by atoms with Gasteiger partial charge in [-0.25, -0.2) is 13.1 Å². The molecule has 0 aliphatic heterocycles. The number of fused-ring (bicyclic) bond motifs is 1. The molecule has 1 aliphatic carbocycles. The summed E-state index contributed by atoms with van der Waals surface area (Å²) < 4.78 is 38.2. The Morgan fingerprint density at radius 2 is 1.74 bits per heavy atom. The number of rotatable bonds is 10. The van der Waals surface area contributed by atoms with Crippen LogP contribution in [0.1, 0.15) is 36.0 Å². The van der Waals surface area contributed by atoms with E-state index in [2.05, 4.69) is 10.0 Å². The summed E-state index contributed by atoms with van der Waals surface area (Å²) in [7, 11) is -0.438. The maximum Gasteiger partial charge on any atom is 0.240 e. The van der Waals surface area contributed by atoms with Gasteiger partial charge in [-0.2, -0.15) is 0 Å². The smallest absolute Gasteiger partial charge is 0.240 e. The number of sulfonamides is 1. The molecule has 2 N–H and O–H groups in total. The molecule has 0 atom stereocenters. The zero-order valence-corrected chi connectivity index (χ0v) is 18.9. The van der Waals surface area contributed by atoms with Crippen molar-refractivity contribution in [2.24, 2.45) is 0 Å². The van der Waals surface area contributed by atoms with E-state index >= 15 is 0 Å². The van der Waals surface area contributed by atoms with Gasteiger partial charge in [-0.15, -0.1) is 0 Å². The lowest BCUT2D eigenvalue weighted by Crippen LogP contribution is -2.31. The number of amides is 1. The van der Waals surface area contributed by atoms with E-state index in [1.54, 1.807) is 26.4 Å². The van der Waals surface area contributed by atoms with Gasteiger partial charge in [0.2, 0.25) is 15.9 Å². The second-order valence-electron chi connectivity index (χ2n) is 7.56. The average molecular weight is 447 g/mol. The van der Waals surface area contributed by atoms with Crippen molar-refractivity contribution in [2.75, 3.05) is 27.3 Å². The molecular weight excluding hydrogens is 416 g/mol. The molecular formula is C23H30N2O5S. The molecule has 2 aromatic carbocycles. The third-order valence-corrected chi connectivity index (χ3v) is 6.94. The lowest BCUT2D eigenvalue weighted by atomic mass is 9.92. The van der Waals surface area contributed by atoms with Crippen LogP contribution in [0.25, 0.3) is 0 Å². The van der Waals surface area contributed by atoms with Crippen molar-refractivity contribution in [3.63, 3.8) is 0 Å². The molecule has 0 radical (unpaired) electrons. The van der Waals surface area contributed by atoms with E-state index in [1.807, 2.05) is 24.3 Å². The molecule has 0 spiro atoms. The van der Waals surface area contributed by atoms with Crippen LogP contribution in [0.15, 0.2) is 41.3 Å². The van der Waals surface area contributed by atoms with Gasteiger partial charge in [-0.05, 0) is 79.1 Å². The number of carbonyl (C=O) groups is 1. The molecule has 0 heterocycles. The largest absolute Gasteiger partial charge is 0.497 e. The molecule has 2 aromatic rings. The highest BCUT2D eigenvalue weighted by Crippen LogP contribution is 2.25. The van der Waals surface area contributed by atoms with Gasteiger partial charge in [0, 0.05) is 19.5 Å². The molecule has 1 amide bonds. The maximum atomic E-state index is 12.6. The highest BCUT2D eigenvalue weighted by Gasteiger charge is 2.18. The van der Waals surface area contributed by atoms with Crippen LogP contribution < -0.4 is 19.5 Å². The fourth-order valence-corrected chi connectivity index (χ4v) is 4.84. The van der Waals surface area contributed by atoms with Gasteiger partial charge in [0.15, 0.2) is 0 Å². The molecule has 8 heteroatoms. The number of hydrogen-bond donors (Lipinski definition) is 2. The van der Waals surface area contributed by atoms with Crippen molar-refractivity contribution in [2.45, 2.75) is 43.4 Å². The minimum absolute atomic E-state index is 0.0493. The van der Waals surface area contributed by atoms with Gasteiger partial charge in [-0.3, -0.25) is 4.79 Å². The second kappa shape index (κ2) is 10.6. The number of hydrogen-bond acceptors (Lipinski definition) is 5. The fraction of sp³-hybridized carbons (Fsp3) is 0.435. The van der Waals surface area contributed by atoms with Crippen LogP contribution >= 0.6 is 0 Å². The predicted molar refractivity (Wildman–Crippen MR) is 119 cm³/mol. The van der Waals surface area contributed by atoms with Crippen molar-refractivity contribution < 1.29 is 22.7 Å². The highest BCUT2D eigenvalue weighted by atomic mass is 32.2. The van der Waals surface area contributed by atoms with Crippen molar-refractivity contribution in [1.82, 2.24) is 10.0 Å². The maximum absolute atomic E-state index is 12.6. The van der Waals surface area contributed by atoms with E-state index in [9.17, 15) is 13.2 Å². The van der Waals surface area contributed by atoms with Crippen molar-refractivity contribution >= 4 is 15.9 Å². The van der Waals surface area contributed by atoms with Crippen LogP contribution in [0.3, 0.4) is 0 Å². The lowest BCUT2D eigenvalue weighted by Gasteiger charge is -2.16. The first-order chi connectivity index (χ1) is 14.9. The standard InChI is InChI=1S/C23H30N2O5S/c1-29-20-8-10-22(30-2)19(15-20)11-13-24-23(26)12-14-25-31(27,28)21-9-7-17-5-3-4-6-18(17)16-21/h7-10,15-16,25H,3-6,11-14H2,1-2H3,(H,24,26). The Morgan fingerprint density at radius 3 is 2.48 bits per heavy atom. The monoisotopic (exact) mass is 446 g/mol. The summed E-state index contributed by atoms with van der Waals surface area (Å²) >= 11 is 0. The predicted octanol–water partition coefficient (Wildman–Crippen LogP) is 2.61. The first kappa shape index (κ1) is 23.1. The molecule has 7 nitrogen and oxygen atoms in total. The summed E-state index contributed by atoms with van der Waals surface area (Å²) in [6.07, 6.45) is 4.80. The highest BCUT2D eigenvalue weighted by molar-refractivity contribution is 7.89.